The van der Waals surface area contributed by atoms with Crippen LogP contribution in [-0.4, -0.2) is 233 Å². The fourth-order valence-electron chi connectivity index (χ4n) is 7.36. The average Bonchev–Trinajstić information content (AvgIpc) is 3.25. The summed E-state index contributed by atoms with van der Waals surface area (Å²) in [5.41, 5.74) is 5.45. The van der Waals surface area contributed by atoms with Crippen LogP contribution in [0.1, 0.15) is 39.5 Å². The smallest absolute Gasteiger partial charge is 0.246 e. The van der Waals surface area contributed by atoms with Gasteiger partial charge in [-0.1, -0.05) is 0 Å². The number of aliphatic hydroxyl groups excluding tert-OH is 4. The van der Waals surface area contributed by atoms with E-state index in [0.29, 0.717) is 19.4 Å². The Bertz CT molecular complexity index is 1450. The van der Waals surface area contributed by atoms with Gasteiger partial charge < -0.3 is 105 Å². The van der Waals surface area contributed by atoms with Gasteiger partial charge in [0.2, 0.25) is 29.5 Å². The van der Waals surface area contributed by atoms with Gasteiger partial charge in [-0.3, -0.25) is 24.0 Å². The summed E-state index contributed by atoms with van der Waals surface area (Å²) in [7, 11) is 0. The van der Waals surface area contributed by atoms with Gasteiger partial charge in [-0.05, 0) is 19.3 Å². The molecule has 3 aliphatic rings. The minimum atomic E-state index is -2.08. The Kier molecular flexibility index (Phi) is 26.8. The number of rotatable bonds is 35. The maximum absolute atomic E-state index is 12.3. The number of nitrogens with two attached hydrogens (primary N) is 1. The molecule has 66 heavy (non-hydrogen) atoms. The van der Waals surface area contributed by atoms with E-state index in [9.17, 15) is 54.6 Å². The van der Waals surface area contributed by atoms with Crippen molar-refractivity contribution in [2.24, 2.45) is 17.6 Å². The lowest BCUT2D eigenvalue weighted by molar-refractivity contribution is -0.379. The number of primary amides is 1. The predicted octanol–water partition coefficient (Wildman–Crippen LogP) is -6.14. The van der Waals surface area contributed by atoms with Crippen molar-refractivity contribution in [2.45, 2.75) is 100 Å². The molecular weight excluding hydrogens is 886 g/mol. The van der Waals surface area contributed by atoms with Crippen LogP contribution < -0.4 is 27.0 Å². The molecule has 1 aliphatic carbocycles. The van der Waals surface area contributed by atoms with Crippen molar-refractivity contribution in [3.8, 4) is 0 Å². The Morgan fingerprint density at radius 2 is 1.15 bits per heavy atom. The maximum Gasteiger partial charge on any atom is 0.246 e. The summed E-state index contributed by atoms with van der Waals surface area (Å²) in [5, 5.41) is 70.5. The van der Waals surface area contributed by atoms with Crippen molar-refractivity contribution in [3.05, 3.63) is 0 Å². The van der Waals surface area contributed by atoms with Gasteiger partial charge in [-0.2, -0.15) is 0 Å². The second-order valence-corrected chi connectivity index (χ2v) is 15.8. The van der Waals surface area contributed by atoms with Crippen LogP contribution in [-0.2, 0) is 71.3 Å². The molecule has 0 bridgehead atoms. The highest BCUT2D eigenvalue weighted by Crippen LogP contribution is 2.46. The molecule has 0 aromatic heterocycles. The minimum Gasteiger partial charge on any atom is -0.396 e. The molecular formula is C40H71N5O21. The van der Waals surface area contributed by atoms with Crippen LogP contribution in [0.5, 0.6) is 0 Å². The fraction of sp³-hybridized carbons (Fsp3) is 0.875. The number of nitrogens with one attached hydrogen (secondary N) is 4. The summed E-state index contributed by atoms with van der Waals surface area (Å²) in [6.45, 7) is 3.32. The largest absolute Gasteiger partial charge is 0.396 e. The van der Waals surface area contributed by atoms with Crippen LogP contribution in [0.2, 0.25) is 0 Å². The molecule has 2 saturated heterocycles. The Hall–Kier alpha value is -3.29. The van der Waals surface area contributed by atoms with Gasteiger partial charge in [0.15, 0.2) is 18.4 Å². The van der Waals surface area contributed by atoms with Gasteiger partial charge in [0.25, 0.3) is 0 Å². The predicted molar refractivity (Wildman–Crippen MR) is 222 cm³/mol. The molecule has 0 radical (unpaired) electrons. The molecule has 26 nitrogen and oxygen atoms in total. The summed E-state index contributed by atoms with van der Waals surface area (Å²) in [6, 6.07) is -2.87. The van der Waals surface area contributed by atoms with Gasteiger partial charge in [-0.25, -0.2) is 0 Å². The normalized spacial score (nSPS) is 27.2. The van der Waals surface area contributed by atoms with Crippen molar-refractivity contribution in [1.29, 1.82) is 0 Å². The lowest BCUT2D eigenvalue weighted by Crippen LogP contribution is -2.73. The first-order valence-corrected chi connectivity index (χ1v) is 22.0. The van der Waals surface area contributed by atoms with E-state index in [1.54, 1.807) is 0 Å². The number of unbranched alkanes of at least 4 members (excludes halogenated alkanes) is 1. The molecule has 382 valence electrons. The number of hydrogen-bond acceptors (Lipinski definition) is 21. The standard InChI is InChI=1S/C40H71N5O21/c1-24(48)43-33-35(52)26(20-46)29(21-47)66-38(33)63-17-15-59-10-8-58-12-14-62-23-31(51)45-27(37(41)54)5-3-4-6-42-30(50)22-61-13-11-57-7-9-60-16-18-64-39-34(44-25(2)49)36(53)32-28(65-39)19-40(32,55)56/h26-29,32-36,38-39,46-47,52-53,55-56H,3-23H2,1-2H3,(H2,41,54)(H,42,50)(H,43,48)(H,44,49)(H,45,51). The summed E-state index contributed by atoms with van der Waals surface area (Å²) >= 11 is 0. The van der Waals surface area contributed by atoms with E-state index in [-0.39, 0.29) is 111 Å². The van der Waals surface area contributed by atoms with Gasteiger partial charge in [0.05, 0.1) is 123 Å². The first-order valence-electron chi connectivity index (χ1n) is 22.0. The van der Waals surface area contributed by atoms with Crippen molar-refractivity contribution >= 4 is 29.5 Å². The summed E-state index contributed by atoms with van der Waals surface area (Å²) in [6.07, 6.45) is -4.90. The van der Waals surface area contributed by atoms with E-state index in [0.717, 1.165) is 0 Å². The lowest BCUT2D eigenvalue weighted by atomic mass is 9.68. The van der Waals surface area contributed by atoms with E-state index >= 15 is 0 Å². The van der Waals surface area contributed by atoms with Gasteiger partial charge in [-0.15, -0.1) is 0 Å². The average molecular weight is 958 g/mol. The lowest BCUT2D eigenvalue weighted by Gasteiger charge is -2.56. The maximum atomic E-state index is 12.3. The number of carbonyl (C=O) groups excluding carboxylic acids is 5. The van der Waals surface area contributed by atoms with Crippen molar-refractivity contribution in [3.63, 3.8) is 0 Å². The minimum absolute atomic E-state index is 0.0352. The number of hydrogen-bond donors (Lipinski definition) is 11. The van der Waals surface area contributed by atoms with Crippen LogP contribution in [0.3, 0.4) is 0 Å². The number of ether oxygens (including phenoxy) is 10. The molecule has 2 heterocycles. The second kappa shape index (κ2) is 31.0. The molecule has 26 heteroatoms. The Morgan fingerprint density at radius 1 is 0.667 bits per heavy atom. The van der Waals surface area contributed by atoms with Gasteiger partial charge >= 0.3 is 0 Å². The molecule has 0 aromatic rings. The molecule has 1 saturated carbocycles. The highest BCUT2D eigenvalue weighted by Gasteiger charge is 2.62. The zero-order valence-electron chi connectivity index (χ0n) is 37.6. The molecule has 11 unspecified atom stereocenters. The Labute approximate surface area is 382 Å². The van der Waals surface area contributed by atoms with Crippen LogP contribution in [0, 0.1) is 11.8 Å². The molecule has 3 fully saturated rings. The zero-order valence-corrected chi connectivity index (χ0v) is 37.6. The highest BCUT2D eigenvalue weighted by molar-refractivity contribution is 5.87. The quantitative estimate of drug-likeness (QED) is 0.0208. The van der Waals surface area contributed by atoms with E-state index in [1.165, 1.54) is 13.8 Å². The number of carbonyl (C=O) groups is 5. The molecule has 12 N–H and O–H groups in total. The van der Waals surface area contributed by atoms with Crippen LogP contribution >= 0.6 is 0 Å². The molecule has 5 amide bonds. The van der Waals surface area contributed by atoms with Crippen LogP contribution in [0.25, 0.3) is 0 Å². The first kappa shape index (κ1) is 57.0. The van der Waals surface area contributed by atoms with E-state index in [4.69, 9.17) is 53.1 Å². The van der Waals surface area contributed by atoms with Crippen LogP contribution in [0.15, 0.2) is 0 Å². The monoisotopic (exact) mass is 957 g/mol. The third-order valence-corrected chi connectivity index (χ3v) is 10.7. The zero-order chi connectivity index (χ0) is 48.5. The number of aliphatic hydroxyl groups is 6. The SMILES string of the molecule is CC(=O)NC1C(OCCOCCOCCOCC(=O)NC(CCCCNC(=O)COCCOCCOCCOC2OC3CC(O)(O)C3C(O)C2NC(C)=O)C(N)=O)OC(CO)C(CO)C1O. The number of amides is 5. The first-order chi connectivity index (χ1) is 31.6. The molecule has 0 aromatic carbocycles. The molecule has 11 atom stereocenters. The van der Waals surface area contributed by atoms with Crippen molar-refractivity contribution < 1.29 is 102 Å². The summed E-state index contributed by atoms with van der Waals surface area (Å²) < 4.78 is 55.0. The van der Waals surface area contributed by atoms with E-state index in [2.05, 4.69) is 21.3 Å². The third-order valence-electron chi connectivity index (χ3n) is 10.7. The molecule has 3 rings (SSSR count). The second-order valence-electron chi connectivity index (χ2n) is 15.8. The van der Waals surface area contributed by atoms with Gasteiger partial charge in [0, 0.05) is 32.7 Å². The van der Waals surface area contributed by atoms with Gasteiger partial charge in [0.1, 0.15) is 31.3 Å². The summed E-state index contributed by atoms with van der Waals surface area (Å²) in [5.74, 6) is -6.31. The third kappa shape index (κ3) is 20.1. The highest BCUT2D eigenvalue weighted by atomic mass is 16.7. The molecule has 0 spiro atoms. The Morgan fingerprint density at radius 3 is 1.64 bits per heavy atom. The Balaban J connectivity index is 1.10. The number of fused-ring (bicyclic) bond motifs is 1. The van der Waals surface area contributed by atoms with E-state index in [1.807, 2.05) is 0 Å². The van der Waals surface area contributed by atoms with Crippen molar-refractivity contribution in [2.75, 3.05) is 112 Å². The molecule has 2 aliphatic heterocycles. The summed E-state index contributed by atoms with van der Waals surface area (Å²) in [4.78, 5) is 59.5. The van der Waals surface area contributed by atoms with Crippen LogP contribution in [0.4, 0.5) is 0 Å². The topological polar surface area (TPSA) is 373 Å². The van der Waals surface area contributed by atoms with Crippen molar-refractivity contribution in [1.82, 2.24) is 21.3 Å². The fourth-order valence-corrected chi connectivity index (χ4v) is 7.36. The van der Waals surface area contributed by atoms with E-state index < -0.39 is 110 Å².